The Bertz CT molecular complexity index is 917. The van der Waals surface area contributed by atoms with E-state index in [0.29, 0.717) is 24.4 Å². The number of ether oxygens (including phenoxy) is 1. The third-order valence-corrected chi connectivity index (χ3v) is 4.63. The zero-order valence-electron chi connectivity index (χ0n) is 14.5. The van der Waals surface area contributed by atoms with Gasteiger partial charge in [-0.25, -0.2) is 14.4 Å². The van der Waals surface area contributed by atoms with E-state index in [4.69, 9.17) is 9.72 Å². The third-order valence-electron chi connectivity index (χ3n) is 4.63. The number of benzene rings is 1. The lowest BCUT2D eigenvalue weighted by Gasteiger charge is -2.28. The molecule has 0 saturated heterocycles. The Morgan fingerprint density at radius 1 is 1.19 bits per heavy atom. The van der Waals surface area contributed by atoms with E-state index in [2.05, 4.69) is 14.9 Å². The summed E-state index contributed by atoms with van der Waals surface area (Å²) >= 11 is 0. The van der Waals surface area contributed by atoms with Crippen LogP contribution in [0.5, 0.6) is 5.75 Å². The van der Waals surface area contributed by atoms with Gasteiger partial charge < -0.3 is 4.74 Å². The molecule has 26 heavy (non-hydrogen) atoms. The molecule has 1 aromatic carbocycles. The van der Waals surface area contributed by atoms with Crippen LogP contribution < -0.4 is 4.74 Å². The van der Waals surface area contributed by atoms with Crippen LogP contribution in [0.4, 0.5) is 4.39 Å². The molecule has 0 unspecified atom stereocenters. The van der Waals surface area contributed by atoms with Crippen LogP contribution in [0.15, 0.2) is 48.9 Å². The first-order valence-corrected chi connectivity index (χ1v) is 8.53. The second kappa shape index (κ2) is 7.17. The van der Waals surface area contributed by atoms with E-state index in [1.165, 1.54) is 6.07 Å². The predicted molar refractivity (Wildman–Crippen MR) is 96.0 cm³/mol. The molecule has 1 aliphatic heterocycles. The first-order chi connectivity index (χ1) is 12.7. The summed E-state index contributed by atoms with van der Waals surface area (Å²) in [7, 11) is 1.57. The van der Waals surface area contributed by atoms with Crippen LogP contribution in [0, 0.1) is 5.82 Å². The number of aromatic nitrogens is 3. The molecular formula is C20H19FN4O. The summed E-state index contributed by atoms with van der Waals surface area (Å²) in [6.07, 6.45) is 6.17. The first kappa shape index (κ1) is 16.6. The molecule has 0 fully saturated rings. The number of halogens is 1. The van der Waals surface area contributed by atoms with Crippen LogP contribution in [0.2, 0.25) is 0 Å². The van der Waals surface area contributed by atoms with E-state index in [1.54, 1.807) is 31.6 Å². The van der Waals surface area contributed by atoms with E-state index < -0.39 is 0 Å². The Morgan fingerprint density at radius 3 is 2.85 bits per heavy atom. The summed E-state index contributed by atoms with van der Waals surface area (Å²) in [5.41, 5.74) is 3.70. The maximum absolute atomic E-state index is 14.2. The molecule has 0 atom stereocenters. The Labute approximate surface area is 151 Å². The minimum atomic E-state index is -0.237. The average Bonchev–Trinajstić information content (AvgIpc) is 2.69. The van der Waals surface area contributed by atoms with Gasteiger partial charge in [0.1, 0.15) is 11.6 Å². The summed E-state index contributed by atoms with van der Waals surface area (Å²) in [5.74, 6) is 1.06. The monoisotopic (exact) mass is 350 g/mol. The lowest BCUT2D eigenvalue weighted by atomic mass is 10.1. The molecule has 0 spiro atoms. The quantitative estimate of drug-likeness (QED) is 0.723. The zero-order chi connectivity index (χ0) is 17.9. The Balaban J connectivity index is 1.54. The number of rotatable bonds is 4. The molecule has 5 nitrogen and oxygen atoms in total. The number of hydrogen-bond donors (Lipinski definition) is 0. The maximum atomic E-state index is 14.2. The molecule has 0 amide bonds. The van der Waals surface area contributed by atoms with Crippen molar-refractivity contribution in [3.05, 3.63) is 71.6 Å². The van der Waals surface area contributed by atoms with Crippen LogP contribution in [0.3, 0.4) is 0 Å². The van der Waals surface area contributed by atoms with Gasteiger partial charge in [0.15, 0.2) is 5.82 Å². The molecule has 0 bridgehead atoms. The molecule has 2 aromatic heterocycles. The molecule has 3 heterocycles. The molecule has 0 aliphatic carbocycles. The minimum Gasteiger partial charge on any atom is -0.496 e. The highest BCUT2D eigenvalue weighted by Crippen LogP contribution is 2.26. The SMILES string of the molecule is COc1cccc(F)c1CN1CCc2nc(-c3ccncc3)ncc2C1. The van der Waals surface area contributed by atoms with Crippen molar-refractivity contribution >= 4 is 0 Å². The number of pyridine rings is 1. The second-order valence-corrected chi connectivity index (χ2v) is 6.28. The molecule has 6 heteroatoms. The highest BCUT2D eigenvalue weighted by molar-refractivity contribution is 5.54. The molecule has 0 saturated carbocycles. The second-order valence-electron chi connectivity index (χ2n) is 6.28. The first-order valence-electron chi connectivity index (χ1n) is 8.53. The van der Waals surface area contributed by atoms with Crippen LogP contribution in [-0.4, -0.2) is 33.5 Å². The summed E-state index contributed by atoms with van der Waals surface area (Å²) in [6.45, 7) is 2.02. The van der Waals surface area contributed by atoms with Crippen molar-refractivity contribution in [1.82, 2.24) is 19.9 Å². The molecule has 3 aromatic rings. The van der Waals surface area contributed by atoms with Crippen molar-refractivity contribution in [1.29, 1.82) is 0 Å². The van der Waals surface area contributed by atoms with E-state index in [9.17, 15) is 4.39 Å². The summed E-state index contributed by atoms with van der Waals surface area (Å²) in [4.78, 5) is 15.4. The predicted octanol–water partition coefficient (Wildman–Crippen LogP) is 3.24. The van der Waals surface area contributed by atoms with Crippen molar-refractivity contribution in [3.8, 4) is 17.1 Å². The molecule has 132 valence electrons. The average molecular weight is 350 g/mol. The number of hydrogen-bond acceptors (Lipinski definition) is 5. The highest BCUT2D eigenvalue weighted by atomic mass is 19.1. The van der Waals surface area contributed by atoms with Crippen LogP contribution in [-0.2, 0) is 19.5 Å². The van der Waals surface area contributed by atoms with Crippen molar-refractivity contribution in [2.24, 2.45) is 0 Å². The fourth-order valence-corrected chi connectivity index (χ4v) is 3.26. The van der Waals surface area contributed by atoms with Gasteiger partial charge in [0, 0.05) is 61.3 Å². The van der Waals surface area contributed by atoms with Crippen LogP contribution >= 0.6 is 0 Å². The van der Waals surface area contributed by atoms with Gasteiger partial charge in [-0.15, -0.1) is 0 Å². The summed E-state index contributed by atoms with van der Waals surface area (Å²) in [5, 5.41) is 0. The normalized spacial score (nSPS) is 14.1. The van der Waals surface area contributed by atoms with Gasteiger partial charge in [0.05, 0.1) is 12.8 Å². The number of nitrogens with zero attached hydrogens (tertiary/aromatic N) is 4. The maximum Gasteiger partial charge on any atom is 0.159 e. The summed E-state index contributed by atoms with van der Waals surface area (Å²) < 4.78 is 19.5. The van der Waals surface area contributed by atoms with E-state index in [-0.39, 0.29) is 5.82 Å². The van der Waals surface area contributed by atoms with Crippen LogP contribution in [0.25, 0.3) is 11.4 Å². The van der Waals surface area contributed by atoms with Crippen molar-refractivity contribution in [2.45, 2.75) is 19.5 Å². The third kappa shape index (κ3) is 3.28. The molecule has 0 N–H and O–H groups in total. The molecule has 0 radical (unpaired) electrons. The fourth-order valence-electron chi connectivity index (χ4n) is 3.26. The van der Waals surface area contributed by atoms with Gasteiger partial charge in [-0.2, -0.15) is 0 Å². The standard InChI is InChI=1S/C20H19FN4O/c1-26-19-4-2-3-17(21)16(19)13-25-10-7-18-15(12-25)11-23-20(24-18)14-5-8-22-9-6-14/h2-6,8-9,11H,7,10,12-13H2,1H3. The number of fused-ring (bicyclic) bond motifs is 1. The molecule has 4 rings (SSSR count). The van der Waals surface area contributed by atoms with Gasteiger partial charge in [-0.1, -0.05) is 6.07 Å². The lowest BCUT2D eigenvalue weighted by molar-refractivity contribution is 0.235. The van der Waals surface area contributed by atoms with Gasteiger partial charge in [-0.3, -0.25) is 9.88 Å². The van der Waals surface area contributed by atoms with Gasteiger partial charge in [-0.05, 0) is 24.3 Å². The summed E-state index contributed by atoms with van der Waals surface area (Å²) in [6, 6.07) is 8.74. The van der Waals surface area contributed by atoms with Crippen molar-refractivity contribution in [3.63, 3.8) is 0 Å². The van der Waals surface area contributed by atoms with Crippen molar-refractivity contribution in [2.75, 3.05) is 13.7 Å². The fraction of sp³-hybridized carbons (Fsp3) is 0.250. The van der Waals surface area contributed by atoms with Crippen LogP contribution in [0.1, 0.15) is 16.8 Å². The van der Waals surface area contributed by atoms with Gasteiger partial charge >= 0.3 is 0 Å². The van der Waals surface area contributed by atoms with E-state index >= 15 is 0 Å². The molecule has 1 aliphatic rings. The Morgan fingerprint density at radius 2 is 2.04 bits per heavy atom. The smallest absolute Gasteiger partial charge is 0.159 e. The van der Waals surface area contributed by atoms with Gasteiger partial charge in [0.2, 0.25) is 0 Å². The topological polar surface area (TPSA) is 51.1 Å². The van der Waals surface area contributed by atoms with Gasteiger partial charge in [0.25, 0.3) is 0 Å². The largest absolute Gasteiger partial charge is 0.496 e. The molecular weight excluding hydrogens is 331 g/mol. The highest BCUT2D eigenvalue weighted by Gasteiger charge is 2.21. The Hall–Kier alpha value is -2.86. The minimum absolute atomic E-state index is 0.237. The van der Waals surface area contributed by atoms with E-state index in [1.807, 2.05) is 18.3 Å². The zero-order valence-corrected chi connectivity index (χ0v) is 14.5. The van der Waals surface area contributed by atoms with Crippen molar-refractivity contribution < 1.29 is 9.13 Å². The Kier molecular flexibility index (Phi) is 4.58. The number of methoxy groups -OCH3 is 1. The lowest BCUT2D eigenvalue weighted by Crippen LogP contribution is -2.31. The van der Waals surface area contributed by atoms with E-state index in [0.717, 1.165) is 35.6 Å².